The molecule has 1 heterocycles. The zero-order chi connectivity index (χ0) is 27.2. The molecule has 0 radical (unpaired) electrons. The molecule has 0 aliphatic carbocycles. The number of halogens is 6. The predicted molar refractivity (Wildman–Crippen MR) is 123 cm³/mol. The third kappa shape index (κ3) is 5.21. The van der Waals surface area contributed by atoms with Crippen LogP contribution in [0.3, 0.4) is 0 Å². The van der Waals surface area contributed by atoms with Gasteiger partial charge in [0.1, 0.15) is 0 Å². The Morgan fingerprint density at radius 1 is 1.03 bits per heavy atom. The van der Waals surface area contributed by atoms with Crippen LogP contribution in [0.1, 0.15) is 29.2 Å². The maximum absolute atomic E-state index is 13.6. The Labute approximate surface area is 205 Å². The normalized spacial score (nSPS) is 20.8. The topological polar surface area (TPSA) is 52.6 Å². The van der Waals surface area contributed by atoms with E-state index in [0.717, 1.165) is 11.1 Å². The Balaban J connectivity index is 2.07. The van der Waals surface area contributed by atoms with Crippen LogP contribution in [0.2, 0.25) is 0 Å². The van der Waals surface area contributed by atoms with Gasteiger partial charge in [-0.2, -0.15) is 26.3 Å². The number of carbonyl (C=O) groups is 2. The molecule has 2 aromatic rings. The van der Waals surface area contributed by atoms with Gasteiger partial charge in [-0.3, -0.25) is 9.59 Å². The van der Waals surface area contributed by atoms with E-state index < -0.39 is 46.4 Å². The summed E-state index contributed by atoms with van der Waals surface area (Å²) in [6.45, 7) is 5.12. The number of aryl methyl sites for hydroxylation is 2. The minimum Gasteiger partial charge on any atom is -0.325 e. The van der Waals surface area contributed by atoms with Gasteiger partial charge in [0.15, 0.2) is 0 Å². The van der Waals surface area contributed by atoms with Gasteiger partial charge in [-0.1, -0.05) is 25.1 Å². The fraction of sp³-hybridized carbons (Fsp3) is 0.440. The Morgan fingerprint density at radius 3 is 1.97 bits per heavy atom. The van der Waals surface area contributed by atoms with E-state index in [-0.39, 0.29) is 25.1 Å². The lowest BCUT2D eigenvalue weighted by atomic mass is 9.77. The van der Waals surface area contributed by atoms with E-state index in [1.54, 1.807) is 25.9 Å². The molecule has 0 saturated carbocycles. The smallest absolute Gasteiger partial charge is 0.325 e. The fourth-order valence-corrected chi connectivity index (χ4v) is 4.76. The Bertz CT molecular complexity index is 1120. The molecule has 0 spiro atoms. The van der Waals surface area contributed by atoms with Crippen molar-refractivity contribution < 1.29 is 35.9 Å². The highest BCUT2D eigenvalue weighted by Gasteiger charge is 2.56. The van der Waals surface area contributed by atoms with Crippen LogP contribution in [-0.2, 0) is 21.9 Å². The summed E-state index contributed by atoms with van der Waals surface area (Å²) in [6, 6.07) is 6.36. The summed E-state index contributed by atoms with van der Waals surface area (Å²) in [6.07, 6.45) is -10.1. The molecule has 1 fully saturated rings. The van der Waals surface area contributed by atoms with Crippen LogP contribution >= 0.6 is 0 Å². The van der Waals surface area contributed by atoms with E-state index in [4.69, 9.17) is 0 Å². The largest absolute Gasteiger partial charge is 0.416 e. The lowest BCUT2D eigenvalue weighted by molar-refractivity contribution is -0.143. The van der Waals surface area contributed by atoms with Crippen molar-refractivity contribution in [3.63, 3.8) is 0 Å². The number of carbonyl (C=O) groups excluding carboxylic acids is 2. The quantitative estimate of drug-likeness (QED) is 0.535. The second-order valence-electron chi connectivity index (χ2n) is 9.53. The number of rotatable bonds is 5. The summed E-state index contributed by atoms with van der Waals surface area (Å²) >= 11 is 0. The molecule has 0 aromatic heterocycles. The SMILES string of the molecule is Cc1cccc(C)c1N1C[C@@](CN(C)C)(C(=O)Nc2cc(C(F)(F)F)cc(C(F)(F)F)c2)C(C)C1=O. The summed E-state index contributed by atoms with van der Waals surface area (Å²) in [4.78, 5) is 30.1. The van der Waals surface area contributed by atoms with E-state index in [2.05, 4.69) is 5.32 Å². The summed E-state index contributed by atoms with van der Waals surface area (Å²) < 4.78 is 79.9. The number of benzene rings is 2. The van der Waals surface area contributed by atoms with E-state index in [9.17, 15) is 35.9 Å². The van der Waals surface area contributed by atoms with E-state index in [1.165, 1.54) is 4.90 Å². The lowest BCUT2D eigenvalue weighted by Crippen LogP contribution is -2.49. The highest BCUT2D eigenvalue weighted by Crippen LogP contribution is 2.43. The molecule has 1 unspecified atom stereocenters. The molecule has 3 rings (SSSR count). The molecule has 2 amide bonds. The summed E-state index contributed by atoms with van der Waals surface area (Å²) in [5.74, 6) is -2.09. The second kappa shape index (κ2) is 9.42. The number of para-hydroxylation sites is 1. The monoisotopic (exact) mass is 515 g/mol. The van der Waals surface area contributed by atoms with Gasteiger partial charge in [-0.05, 0) is 57.3 Å². The maximum Gasteiger partial charge on any atom is 0.416 e. The van der Waals surface area contributed by atoms with Crippen molar-refractivity contribution in [2.75, 3.05) is 37.4 Å². The zero-order valence-corrected chi connectivity index (χ0v) is 20.4. The number of nitrogens with one attached hydrogen (secondary N) is 1. The Hall–Kier alpha value is -3.08. The van der Waals surface area contributed by atoms with Crippen LogP contribution in [0.15, 0.2) is 36.4 Å². The van der Waals surface area contributed by atoms with Gasteiger partial charge in [0.05, 0.1) is 22.5 Å². The maximum atomic E-state index is 13.6. The van der Waals surface area contributed by atoms with Crippen molar-refractivity contribution in [1.82, 2.24) is 4.90 Å². The number of hydrogen-bond acceptors (Lipinski definition) is 3. The fourth-order valence-electron chi connectivity index (χ4n) is 4.76. The Morgan fingerprint density at radius 2 is 1.53 bits per heavy atom. The molecule has 196 valence electrons. The summed E-state index contributed by atoms with van der Waals surface area (Å²) in [7, 11) is 3.33. The molecule has 1 aliphatic rings. The van der Waals surface area contributed by atoms with Gasteiger partial charge in [-0.25, -0.2) is 0 Å². The highest BCUT2D eigenvalue weighted by molar-refractivity contribution is 6.08. The van der Waals surface area contributed by atoms with Crippen molar-refractivity contribution in [2.24, 2.45) is 11.3 Å². The van der Waals surface area contributed by atoms with Crippen LogP contribution in [-0.4, -0.2) is 43.9 Å². The second-order valence-corrected chi connectivity index (χ2v) is 9.53. The molecule has 2 aromatic carbocycles. The van der Waals surface area contributed by atoms with Gasteiger partial charge < -0.3 is 15.1 Å². The molecular weight excluding hydrogens is 488 g/mol. The standard InChI is InChI=1S/C25H27F6N3O2/c1-14-7-6-8-15(2)20(14)34-13-23(12-33(4)5,16(3)21(34)35)22(36)32-19-10-17(24(26,27)28)9-18(11-19)25(29,30)31/h6-11,16H,12-13H2,1-5H3,(H,32,36)/t16?,23-/m1/s1. The van der Waals surface area contributed by atoms with Crippen LogP contribution in [0, 0.1) is 25.2 Å². The van der Waals surface area contributed by atoms with Crippen molar-refractivity contribution in [3.05, 3.63) is 58.7 Å². The van der Waals surface area contributed by atoms with Crippen molar-refractivity contribution in [1.29, 1.82) is 0 Å². The first-order valence-corrected chi connectivity index (χ1v) is 11.1. The number of hydrogen-bond donors (Lipinski definition) is 1. The first-order valence-electron chi connectivity index (χ1n) is 11.1. The molecular formula is C25H27F6N3O2. The molecule has 11 heteroatoms. The van der Waals surface area contributed by atoms with Crippen molar-refractivity contribution in [2.45, 2.75) is 33.1 Å². The number of amides is 2. The van der Waals surface area contributed by atoms with Gasteiger partial charge >= 0.3 is 12.4 Å². The number of alkyl halides is 6. The minimum atomic E-state index is -5.06. The third-order valence-corrected chi connectivity index (χ3v) is 6.51. The average molecular weight is 515 g/mol. The predicted octanol–water partition coefficient (Wildman–Crippen LogP) is 5.51. The number of nitrogens with zero attached hydrogens (tertiary/aromatic N) is 2. The molecule has 36 heavy (non-hydrogen) atoms. The van der Waals surface area contributed by atoms with E-state index in [1.807, 2.05) is 32.0 Å². The van der Waals surface area contributed by atoms with E-state index in [0.29, 0.717) is 17.8 Å². The highest BCUT2D eigenvalue weighted by atomic mass is 19.4. The molecule has 1 aliphatic heterocycles. The first kappa shape index (κ1) is 27.5. The molecule has 5 nitrogen and oxygen atoms in total. The summed E-state index contributed by atoms with van der Waals surface area (Å²) in [5.41, 5.74) is -2.95. The van der Waals surface area contributed by atoms with E-state index >= 15 is 0 Å². The minimum absolute atomic E-state index is 0.00431. The van der Waals surface area contributed by atoms with Crippen molar-refractivity contribution in [3.8, 4) is 0 Å². The van der Waals surface area contributed by atoms with Gasteiger partial charge in [0.25, 0.3) is 0 Å². The zero-order valence-electron chi connectivity index (χ0n) is 20.4. The van der Waals surface area contributed by atoms with Gasteiger partial charge in [-0.15, -0.1) is 0 Å². The van der Waals surface area contributed by atoms with Crippen LogP contribution in [0.4, 0.5) is 37.7 Å². The van der Waals surface area contributed by atoms with Crippen LogP contribution in [0.25, 0.3) is 0 Å². The molecule has 1 saturated heterocycles. The Kier molecular flexibility index (Phi) is 7.20. The van der Waals surface area contributed by atoms with Crippen LogP contribution < -0.4 is 10.2 Å². The number of anilines is 2. The molecule has 0 bridgehead atoms. The van der Waals surface area contributed by atoms with Gasteiger partial charge in [0, 0.05) is 24.5 Å². The van der Waals surface area contributed by atoms with Gasteiger partial charge in [0.2, 0.25) is 11.8 Å². The summed E-state index contributed by atoms with van der Waals surface area (Å²) in [5, 5.41) is 2.26. The molecule has 1 N–H and O–H groups in total. The van der Waals surface area contributed by atoms with Crippen LogP contribution in [0.5, 0.6) is 0 Å². The molecule has 2 atom stereocenters. The lowest BCUT2D eigenvalue weighted by Gasteiger charge is -2.33. The van der Waals surface area contributed by atoms with Crippen molar-refractivity contribution >= 4 is 23.2 Å². The third-order valence-electron chi connectivity index (χ3n) is 6.51. The first-order chi connectivity index (χ1) is 16.5. The average Bonchev–Trinajstić information content (AvgIpc) is 2.98.